The zero-order chi connectivity index (χ0) is 26.9. The number of benzene rings is 3. The molecule has 39 heavy (non-hydrogen) atoms. The lowest BCUT2D eigenvalue weighted by Gasteiger charge is -2.23. The molecule has 3 aromatic carbocycles. The second-order valence-corrected chi connectivity index (χ2v) is 11.0. The maximum Gasteiger partial charge on any atom is 0.228 e. The lowest BCUT2D eigenvalue weighted by Crippen LogP contribution is -2.32. The van der Waals surface area contributed by atoms with Gasteiger partial charge >= 0.3 is 0 Å². The van der Waals surface area contributed by atoms with Gasteiger partial charge in [0.1, 0.15) is 11.4 Å². The quantitative estimate of drug-likeness (QED) is 0.241. The summed E-state index contributed by atoms with van der Waals surface area (Å²) in [6.07, 6.45) is 4.52. The number of nitrogens with one attached hydrogen (secondary N) is 1. The van der Waals surface area contributed by atoms with Gasteiger partial charge in [0, 0.05) is 29.6 Å². The number of aryl methyl sites for hydroxylation is 2. The Balaban J connectivity index is 1.28. The number of phenols is 1. The van der Waals surface area contributed by atoms with Crippen LogP contribution in [0.15, 0.2) is 78.9 Å². The Kier molecular flexibility index (Phi) is 6.82. The molecule has 1 saturated carbocycles. The summed E-state index contributed by atoms with van der Waals surface area (Å²) in [5.41, 5.74) is 7.64. The molecule has 198 valence electrons. The van der Waals surface area contributed by atoms with Crippen LogP contribution in [0.2, 0.25) is 0 Å². The number of hydrogen-bond acceptors (Lipinski definition) is 3. The van der Waals surface area contributed by atoms with Gasteiger partial charge in [-0.3, -0.25) is 4.79 Å². The first-order valence-electron chi connectivity index (χ1n) is 14.0. The SMILES string of the molecule is Cc1cc(C)c2c3ccccc3n(Cc3ccc([C@@H](C(=O)NCc4cccc(O)c4)C4CCCC4)cc3)c2n1. The van der Waals surface area contributed by atoms with E-state index in [4.69, 9.17) is 4.98 Å². The molecule has 5 aromatic rings. The van der Waals surface area contributed by atoms with Gasteiger partial charge in [-0.15, -0.1) is 0 Å². The van der Waals surface area contributed by atoms with Crippen LogP contribution >= 0.6 is 0 Å². The second kappa shape index (κ2) is 10.6. The van der Waals surface area contributed by atoms with Crippen LogP contribution in [0.25, 0.3) is 21.9 Å². The van der Waals surface area contributed by atoms with Crippen LogP contribution in [0.4, 0.5) is 0 Å². The molecule has 1 atom stereocenters. The summed E-state index contributed by atoms with van der Waals surface area (Å²) in [6.45, 7) is 5.35. The Morgan fingerprint density at radius 1 is 0.974 bits per heavy atom. The van der Waals surface area contributed by atoms with Crippen LogP contribution in [-0.2, 0) is 17.9 Å². The van der Waals surface area contributed by atoms with Crippen molar-refractivity contribution >= 4 is 27.8 Å². The number of hydrogen-bond donors (Lipinski definition) is 2. The van der Waals surface area contributed by atoms with Crippen LogP contribution in [-0.4, -0.2) is 20.6 Å². The molecule has 6 rings (SSSR count). The Labute approximate surface area is 229 Å². The van der Waals surface area contributed by atoms with Crippen LogP contribution in [0.5, 0.6) is 5.75 Å². The van der Waals surface area contributed by atoms with Crippen LogP contribution in [0.3, 0.4) is 0 Å². The van der Waals surface area contributed by atoms with Crippen molar-refractivity contribution < 1.29 is 9.90 Å². The molecular weight excluding hydrogens is 482 g/mol. The van der Waals surface area contributed by atoms with E-state index in [0.717, 1.165) is 41.9 Å². The van der Waals surface area contributed by atoms with Gasteiger partial charge in [-0.2, -0.15) is 0 Å². The Hall–Kier alpha value is -4.12. The number of nitrogens with zero attached hydrogens (tertiary/aromatic N) is 2. The van der Waals surface area contributed by atoms with Crippen molar-refractivity contribution in [3.8, 4) is 5.75 Å². The van der Waals surface area contributed by atoms with E-state index in [1.165, 1.54) is 40.3 Å². The first kappa shape index (κ1) is 25.2. The monoisotopic (exact) mass is 517 g/mol. The molecule has 0 radical (unpaired) electrons. The molecule has 5 heteroatoms. The fourth-order valence-electron chi connectivity index (χ4n) is 6.45. The van der Waals surface area contributed by atoms with Crippen molar-refractivity contribution in [2.45, 2.75) is 58.5 Å². The molecule has 2 N–H and O–H groups in total. The summed E-state index contributed by atoms with van der Waals surface area (Å²) >= 11 is 0. The normalized spacial score (nSPS) is 14.7. The van der Waals surface area contributed by atoms with E-state index in [-0.39, 0.29) is 17.6 Å². The average molecular weight is 518 g/mol. The molecule has 1 aliphatic carbocycles. The third-order valence-electron chi connectivity index (χ3n) is 8.26. The number of phenolic OH excluding ortho intramolecular Hbond substituents is 1. The van der Waals surface area contributed by atoms with Gasteiger partial charge in [0.05, 0.1) is 11.4 Å². The van der Waals surface area contributed by atoms with E-state index < -0.39 is 0 Å². The first-order valence-corrected chi connectivity index (χ1v) is 14.0. The maximum atomic E-state index is 13.5. The van der Waals surface area contributed by atoms with E-state index in [2.05, 4.69) is 78.3 Å². The number of carbonyl (C=O) groups excluding carboxylic acids is 1. The van der Waals surface area contributed by atoms with Gasteiger partial charge in [-0.25, -0.2) is 4.98 Å². The van der Waals surface area contributed by atoms with Crippen LogP contribution in [0.1, 0.15) is 59.5 Å². The summed E-state index contributed by atoms with van der Waals surface area (Å²) in [5, 5.41) is 15.4. The van der Waals surface area contributed by atoms with E-state index in [1.54, 1.807) is 18.2 Å². The highest BCUT2D eigenvalue weighted by atomic mass is 16.3. The number of carbonyl (C=O) groups is 1. The Morgan fingerprint density at radius 2 is 1.74 bits per heavy atom. The molecule has 5 nitrogen and oxygen atoms in total. The number of rotatable bonds is 7. The fourth-order valence-corrected chi connectivity index (χ4v) is 6.45. The molecule has 1 fully saturated rings. The van der Waals surface area contributed by atoms with Crippen LogP contribution < -0.4 is 5.32 Å². The van der Waals surface area contributed by atoms with Crippen molar-refractivity contribution in [1.29, 1.82) is 0 Å². The second-order valence-electron chi connectivity index (χ2n) is 11.0. The van der Waals surface area contributed by atoms with Gasteiger partial charge < -0.3 is 15.0 Å². The molecule has 0 unspecified atom stereocenters. The third kappa shape index (κ3) is 5.01. The van der Waals surface area contributed by atoms with Gasteiger partial charge in [-0.1, -0.05) is 67.4 Å². The molecule has 2 aromatic heterocycles. The molecule has 0 saturated heterocycles. The van der Waals surface area contributed by atoms with Gasteiger partial charge in [0.2, 0.25) is 5.91 Å². The summed E-state index contributed by atoms with van der Waals surface area (Å²) in [6, 6.07) is 26.4. The van der Waals surface area contributed by atoms with Gasteiger partial charge in [0.15, 0.2) is 0 Å². The number of pyridine rings is 1. The zero-order valence-electron chi connectivity index (χ0n) is 22.7. The maximum absolute atomic E-state index is 13.5. The van der Waals surface area contributed by atoms with E-state index in [1.807, 2.05) is 6.07 Å². The van der Waals surface area contributed by atoms with E-state index in [0.29, 0.717) is 12.5 Å². The van der Waals surface area contributed by atoms with E-state index in [9.17, 15) is 9.90 Å². The third-order valence-corrected chi connectivity index (χ3v) is 8.26. The summed E-state index contributed by atoms with van der Waals surface area (Å²) < 4.78 is 2.32. The standard InChI is InChI=1S/C34H35N3O2/c1-22-18-23(2)36-33-31(22)29-12-5-6-13-30(29)37(33)21-24-14-16-27(17-15-24)32(26-9-3-4-10-26)34(39)35-20-25-8-7-11-28(38)19-25/h5-8,11-19,26,32,38H,3-4,9-10,20-21H2,1-2H3,(H,35,39)/t32-/m0/s1. The highest BCUT2D eigenvalue weighted by Crippen LogP contribution is 2.38. The minimum Gasteiger partial charge on any atom is -0.508 e. The lowest BCUT2D eigenvalue weighted by molar-refractivity contribution is -0.123. The number of para-hydroxylation sites is 1. The largest absolute Gasteiger partial charge is 0.508 e. The van der Waals surface area contributed by atoms with Gasteiger partial charge in [0.25, 0.3) is 0 Å². The molecule has 0 bridgehead atoms. The molecular formula is C34H35N3O2. The summed E-state index contributed by atoms with van der Waals surface area (Å²) in [5.74, 6) is 0.468. The topological polar surface area (TPSA) is 67.2 Å². The first-order chi connectivity index (χ1) is 19.0. The van der Waals surface area contributed by atoms with Crippen molar-refractivity contribution in [3.05, 3.63) is 107 Å². The molecule has 1 amide bonds. The fraction of sp³-hybridized carbons (Fsp3) is 0.294. The molecule has 0 spiro atoms. The summed E-state index contributed by atoms with van der Waals surface area (Å²) in [4.78, 5) is 18.4. The minimum absolute atomic E-state index is 0.0653. The highest BCUT2D eigenvalue weighted by molar-refractivity contribution is 6.08. The minimum atomic E-state index is -0.168. The van der Waals surface area contributed by atoms with Crippen molar-refractivity contribution in [2.75, 3.05) is 0 Å². The van der Waals surface area contributed by atoms with Crippen molar-refractivity contribution in [1.82, 2.24) is 14.9 Å². The smallest absolute Gasteiger partial charge is 0.228 e. The predicted octanol–water partition coefficient (Wildman–Crippen LogP) is 7.15. The van der Waals surface area contributed by atoms with Crippen LogP contribution in [0, 0.1) is 19.8 Å². The Bertz CT molecular complexity index is 1650. The number of fused-ring (bicyclic) bond motifs is 3. The van der Waals surface area contributed by atoms with Gasteiger partial charge in [-0.05, 0) is 79.1 Å². The summed E-state index contributed by atoms with van der Waals surface area (Å²) in [7, 11) is 0. The predicted molar refractivity (Wildman–Crippen MR) is 157 cm³/mol. The molecule has 2 heterocycles. The zero-order valence-corrected chi connectivity index (χ0v) is 22.7. The van der Waals surface area contributed by atoms with E-state index >= 15 is 0 Å². The van der Waals surface area contributed by atoms with Crippen molar-refractivity contribution in [3.63, 3.8) is 0 Å². The number of aromatic nitrogens is 2. The number of aromatic hydroxyl groups is 1. The lowest BCUT2D eigenvalue weighted by atomic mass is 9.83. The van der Waals surface area contributed by atoms with Crippen molar-refractivity contribution in [2.24, 2.45) is 5.92 Å². The average Bonchev–Trinajstić information content (AvgIpc) is 3.56. The molecule has 0 aliphatic heterocycles. The highest BCUT2D eigenvalue weighted by Gasteiger charge is 2.32. The molecule has 1 aliphatic rings. The Morgan fingerprint density at radius 3 is 2.51 bits per heavy atom. The number of amides is 1.